The van der Waals surface area contributed by atoms with Crippen LogP contribution in [0.5, 0.6) is 5.88 Å². The Hall–Kier alpha value is -4.69. The number of hydrogen-bond donors (Lipinski definition) is 2. The molecule has 2 amide bonds. The molecule has 4 heterocycles. The van der Waals surface area contributed by atoms with Gasteiger partial charge in [0.05, 0.1) is 23.1 Å². The lowest BCUT2D eigenvalue weighted by molar-refractivity contribution is 0.0733. The van der Waals surface area contributed by atoms with Gasteiger partial charge in [0.15, 0.2) is 0 Å². The molecular formula is C24H22N8O3. The number of nitriles is 1. The second kappa shape index (κ2) is 9.28. The highest BCUT2D eigenvalue weighted by Crippen LogP contribution is 2.24. The van der Waals surface area contributed by atoms with Crippen LogP contribution in [0.1, 0.15) is 15.9 Å². The molecule has 0 unspecified atom stereocenters. The Labute approximate surface area is 200 Å². The van der Waals surface area contributed by atoms with Gasteiger partial charge in [-0.3, -0.25) is 10.1 Å². The first-order chi connectivity index (χ1) is 17.0. The maximum atomic E-state index is 12.9. The van der Waals surface area contributed by atoms with Gasteiger partial charge in [0.1, 0.15) is 17.3 Å². The zero-order chi connectivity index (χ0) is 24.4. The molecule has 1 saturated heterocycles. The SMILES string of the molecule is Cn1ncc(C(=O)N2CCNCC2)c1OC(=O)Nc1cc2nc(-c3ccccc3)cn2cc1C#N. The number of amides is 2. The molecule has 35 heavy (non-hydrogen) atoms. The molecule has 11 heteroatoms. The number of nitrogens with one attached hydrogen (secondary N) is 2. The first kappa shape index (κ1) is 22.1. The first-order valence-electron chi connectivity index (χ1n) is 11.0. The van der Waals surface area contributed by atoms with Crippen LogP contribution in [0, 0.1) is 11.3 Å². The largest absolute Gasteiger partial charge is 0.418 e. The van der Waals surface area contributed by atoms with Crippen LogP contribution < -0.4 is 15.4 Å². The van der Waals surface area contributed by atoms with Gasteiger partial charge in [0.2, 0.25) is 5.88 Å². The maximum Gasteiger partial charge on any atom is 0.418 e. The minimum absolute atomic E-state index is 0.0257. The van der Waals surface area contributed by atoms with Crippen LogP contribution >= 0.6 is 0 Å². The standard InChI is InChI=1S/C24H22N8O3/c1-30-23(18(13-27-30)22(33)31-9-7-26-8-10-31)35-24(34)29-19-11-21-28-20(16-5-3-2-4-6-16)15-32(21)14-17(19)12-25/h2-6,11,13-15,26H,7-10H2,1H3,(H,29,34). The van der Waals surface area contributed by atoms with Gasteiger partial charge in [0.25, 0.3) is 5.91 Å². The molecule has 0 saturated carbocycles. The van der Waals surface area contributed by atoms with Crippen molar-refractivity contribution in [2.24, 2.45) is 7.05 Å². The highest BCUT2D eigenvalue weighted by Gasteiger charge is 2.26. The number of carbonyl (C=O) groups is 2. The van der Waals surface area contributed by atoms with E-state index in [2.05, 4.69) is 26.8 Å². The Morgan fingerprint density at radius 3 is 2.69 bits per heavy atom. The summed E-state index contributed by atoms with van der Waals surface area (Å²) in [4.78, 5) is 32.0. The number of benzene rings is 1. The number of aryl methyl sites for hydroxylation is 1. The summed E-state index contributed by atoms with van der Waals surface area (Å²) in [6.45, 7) is 2.50. The van der Waals surface area contributed by atoms with Crippen molar-refractivity contribution < 1.29 is 14.3 Å². The molecular weight excluding hydrogens is 448 g/mol. The van der Waals surface area contributed by atoms with Crippen molar-refractivity contribution in [3.8, 4) is 23.2 Å². The molecule has 0 spiro atoms. The van der Waals surface area contributed by atoms with E-state index in [4.69, 9.17) is 4.74 Å². The minimum Gasteiger partial charge on any atom is -0.390 e. The number of imidazole rings is 1. The van der Waals surface area contributed by atoms with E-state index in [-0.39, 0.29) is 28.6 Å². The van der Waals surface area contributed by atoms with Crippen LogP contribution in [-0.4, -0.2) is 62.2 Å². The van der Waals surface area contributed by atoms with Crippen molar-refractivity contribution in [3.05, 3.63) is 66.1 Å². The van der Waals surface area contributed by atoms with Crippen molar-refractivity contribution >= 4 is 23.3 Å². The van der Waals surface area contributed by atoms with Crippen molar-refractivity contribution in [2.45, 2.75) is 0 Å². The zero-order valence-corrected chi connectivity index (χ0v) is 18.9. The lowest BCUT2D eigenvalue weighted by atomic mass is 10.2. The Bertz CT molecular complexity index is 1440. The van der Waals surface area contributed by atoms with Gasteiger partial charge in [-0.05, 0) is 0 Å². The van der Waals surface area contributed by atoms with Gasteiger partial charge in [-0.1, -0.05) is 30.3 Å². The molecule has 176 valence electrons. The second-order valence-electron chi connectivity index (χ2n) is 8.01. The quantitative estimate of drug-likeness (QED) is 0.468. The predicted molar refractivity (Wildman–Crippen MR) is 127 cm³/mol. The number of rotatable bonds is 4. The number of hydrogen-bond acceptors (Lipinski definition) is 7. The Morgan fingerprint density at radius 1 is 1.17 bits per heavy atom. The Morgan fingerprint density at radius 2 is 1.94 bits per heavy atom. The fourth-order valence-electron chi connectivity index (χ4n) is 3.93. The fraction of sp³-hybridized carbons (Fsp3) is 0.208. The Kier molecular flexibility index (Phi) is 5.87. The van der Waals surface area contributed by atoms with Gasteiger partial charge < -0.3 is 19.4 Å². The lowest BCUT2D eigenvalue weighted by Gasteiger charge is -2.27. The van der Waals surface area contributed by atoms with Crippen LogP contribution in [0.25, 0.3) is 16.9 Å². The van der Waals surface area contributed by atoms with Gasteiger partial charge >= 0.3 is 6.09 Å². The summed E-state index contributed by atoms with van der Waals surface area (Å²) < 4.78 is 8.52. The van der Waals surface area contributed by atoms with Gasteiger partial charge in [0, 0.05) is 57.3 Å². The molecule has 0 radical (unpaired) electrons. The number of ether oxygens (including phenoxy) is 1. The summed E-state index contributed by atoms with van der Waals surface area (Å²) >= 11 is 0. The van der Waals surface area contributed by atoms with Gasteiger partial charge in [-0.15, -0.1) is 0 Å². The van der Waals surface area contributed by atoms with E-state index in [0.29, 0.717) is 31.8 Å². The summed E-state index contributed by atoms with van der Waals surface area (Å²) in [7, 11) is 1.58. The fourth-order valence-corrected chi connectivity index (χ4v) is 3.93. The van der Waals surface area contributed by atoms with Crippen molar-refractivity contribution in [1.82, 2.24) is 29.4 Å². The third-order valence-corrected chi connectivity index (χ3v) is 5.73. The smallest absolute Gasteiger partial charge is 0.390 e. The van der Waals surface area contributed by atoms with E-state index in [1.54, 1.807) is 28.6 Å². The van der Waals surface area contributed by atoms with Crippen LogP contribution in [0.15, 0.2) is 55.0 Å². The lowest BCUT2D eigenvalue weighted by Crippen LogP contribution is -2.46. The van der Waals surface area contributed by atoms with Gasteiger partial charge in [-0.25, -0.2) is 14.5 Å². The molecule has 11 nitrogen and oxygen atoms in total. The third-order valence-electron chi connectivity index (χ3n) is 5.73. The van der Waals surface area contributed by atoms with E-state index in [0.717, 1.165) is 11.3 Å². The summed E-state index contributed by atoms with van der Waals surface area (Å²) in [6, 6.07) is 13.3. The number of nitrogens with zero attached hydrogens (tertiary/aromatic N) is 6. The first-order valence-corrected chi connectivity index (χ1v) is 11.0. The molecule has 5 rings (SSSR count). The number of fused-ring (bicyclic) bond motifs is 1. The van der Waals surface area contributed by atoms with Crippen molar-refractivity contribution in [2.75, 3.05) is 31.5 Å². The highest BCUT2D eigenvalue weighted by molar-refractivity contribution is 5.98. The molecule has 0 bridgehead atoms. The second-order valence-corrected chi connectivity index (χ2v) is 8.01. The van der Waals surface area contributed by atoms with Crippen LogP contribution in [0.4, 0.5) is 10.5 Å². The zero-order valence-electron chi connectivity index (χ0n) is 18.9. The number of carbonyl (C=O) groups excluding carboxylic acids is 2. The van der Waals surface area contributed by atoms with E-state index >= 15 is 0 Å². The monoisotopic (exact) mass is 470 g/mol. The number of anilines is 1. The number of pyridine rings is 1. The average Bonchev–Trinajstić information content (AvgIpc) is 3.47. The summed E-state index contributed by atoms with van der Waals surface area (Å²) in [6.07, 6.45) is 3.94. The molecule has 0 atom stereocenters. The topological polar surface area (TPSA) is 130 Å². The number of piperazine rings is 1. The van der Waals surface area contributed by atoms with E-state index in [1.807, 2.05) is 36.5 Å². The summed E-state index contributed by atoms with van der Waals surface area (Å²) in [5.41, 5.74) is 2.89. The van der Waals surface area contributed by atoms with E-state index < -0.39 is 6.09 Å². The molecule has 0 aliphatic carbocycles. The van der Waals surface area contributed by atoms with E-state index in [9.17, 15) is 14.9 Å². The molecule has 1 aliphatic rings. The summed E-state index contributed by atoms with van der Waals surface area (Å²) in [5, 5.41) is 19.5. The van der Waals surface area contributed by atoms with E-state index in [1.165, 1.54) is 10.9 Å². The molecule has 1 fully saturated rings. The third kappa shape index (κ3) is 4.42. The Balaban J connectivity index is 1.38. The van der Waals surface area contributed by atoms with Crippen LogP contribution in [0.3, 0.4) is 0 Å². The average molecular weight is 470 g/mol. The van der Waals surface area contributed by atoms with Crippen LogP contribution in [0.2, 0.25) is 0 Å². The van der Waals surface area contributed by atoms with Crippen molar-refractivity contribution in [3.63, 3.8) is 0 Å². The molecule has 3 aromatic heterocycles. The molecule has 2 N–H and O–H groups in total. The maximum absolute atomic E-state index is 12.9. The number of aromatic nitrogens is 4. The molecule has 1 aromatic carbocycles. The highest BCUT2D eigenvalue weighted by atomic mass is 16.6. The molecule has 1 aliphatic heterocycles. The summed E-state index contributed by atoms with van der Waals surface area (Å²) in [5.74, 6) is -0.231. The minimum atomic E-state index is -0.848. The van der Waals surface area contributed by atoms with Crippen molar-refractivity contribution in [1.29, 1.82) is 5.26 Å². The normalized spacial score (nSPS) is 13.4. The van der Waals surface area contributed by atoms with Crippen LogP contribution in [-0.2, 0) is 7.05 Å². The van der Waals surface area contributed by atoms with Gasteiger partial charge in [-0.2, -0.15) is 10.4 Å². The predicted octanol–water partition coefficient (Wildman–Crippen LogP) is 2.26. The molecule has 4 aromatic rings.